The summed E-state index contributed by atoms with van der Waals surface area (Å²) in [6.45, 7) is 0.0127. The third-order valence-electron chi connectivity index (χ3n) is 2.73. The molecule has 7 heteroatoms. The standard InChI is InChI=1S/C14H10Cl2F2N2O/c15-10-5-8(19)4-9(13(10)16)14(21)20-6-7-1-2-11(17)12(18)3-7/h1-5H,6,19H2,(H,20,21). The number of benzene rings is 2. The van der Waals surface area contributed by atoms with Gasteiger partial charge in [-0.2, -0.15) is 0 Å². The molecule has 110 valence electrons. The first-order chi connectivity index (χ1) is 9.88. The largest absolute Gasteiger partial charge is 0.399 e. The van der Waals surface area contributed by atoms with Crippen LogP contribution in [-0.2, 0) is 6.54 Å². The molecule has 0 radical (unpaired) electrons. The summed E-state index contributed by atoms with van der Waals surface area (Å²) in [6, 6.07) is 6.17. The second-order valence-electron chi connectivity index (χ2n) is 4.30. The van der Waals surface area contributed by atoms with Crippen molar-refractivity contribution in [1.82, 2.24) is 5.32 Å². The van der Waals surface area contributed by atoms with Crippen molar-refractivity contribution in [3.8, 4) is 0 Å². The van der Waals surface area contributed by atoms with Crippen molar-refractivity contribution in [3.05, 3.63) is 63.1 Å². The number of nitrogens with one attached hydrogen (secondary N) is 1. The molecule has 0 aromatic heterocycles. The molecular weight excluding hydrogens is 321 g/mol. The Hall–Kier alpha value is -1.85. The highest BCUT2D eigenvalue weighted by molar-refractivity contribution is 6.44. The van der Waals surface area contributed by atoms with Crippen molar-refractivity contribution in [2.75, 3.05) is 5.73 Å². The van der Waals surface area contributed by atoms with E-state index in [4.69, 9.17) is 28.9 Å². The number of carbonyl (C=O) groups excluding carboxylic acids is 1. The van der Waals surface area contributed by atoms with Crippen molar-refractivity contribution in [3.63, 3.8) is 0 Å². The monoisotopic (exact) mass is 330 g/mol. The smallest absolute Gasteiger partial charge is 0.253 e. The molecule has 0 aliphatic heterocycles. The minimum absolute atomic E-state index is 0.0127. The molecule has 0 saturated carbocycles. The highest BCUT2D eigenvalue weighted by Gasteiger charge is 2.14. The van der Waals surface area contributed by atoms with Crippen molar-refractivity contribution < 1.29 is 13.6 Å². The first-order valence-electron chi connectivity index (χ1n) is 5.85. The van der Waals surface area contributed by atoms with Crippen LogP contribution >= 0.6 is 23.2 Å². The van der Waals surface area contributed by atoms with Gasteiger partial charge in [-0.05, 0) is 29.8 Å². The van der Waals surface area contributed by atoms with Gasteiger partial charge in [-0.15, -0.1) is 0 Å². The van der Waals surface area contributed by atoms with Gasteiger partial charge in [0.2, 0.25) is 0 Å². The van der Waals surface area contributed by atoms with Crippen LogP contribution in [0, 0.1) is 11.6 Å². The Balaban J connectivity index is 2.13. The van der Waals surface area contributed by atoms with Crippen LogP contribution in [0.1, 0.15) is 15.9 Å². The van der Waals surface area contributed by atoms with Gasteiger partial charge in [-0.3, -0.25) is 4.79 Å². The Morgan fingerprint density at radius 2 is 1.86 bits per heavy atom. The molecule has 2 rings (SSSR count). The minimum atomic E-state index is -0.980. The Morgan fingerprint density at radius 1 is 1.14 bits per heavy atom. The zero-order chi connectivity index (χ0) is 15.6. The molecule has 0 heterocycles. The van der Waals surface area contributed by atoms with Crippen LogP contribution in [0.15, 0.2) is 30.3 Å². The topological polar surface area (TPSA) is 55.1 Å². The van der Waals surface area contributed by atoms with Crippen LogP contribution in [-0.4, -0.2) is 5.91 Å². The number of rotatable bonds is 3. The van der Waals surface area contributed by atoms with Crippen LogP contribution in [0.2, 0.25) is 10.0 Å². The van der Waals surface area contributed by atoms with E-state index in [0.717, 1.165) is 12.1 Å². The number of nitrogen functional groups attached to an aromatic ring is 1. The fourth-order valence-corrected chi connectivity index (χ4v) is 2.13. The van der Waals surface area contributed by atoms with Gasteiger partial charge in [0, 0.05) is 12.2 Å². The number of hydrogen-bond donors (Lipinski definition) is 2. The molecule has 2 aromatic carbocycles. The van der Waals surface area contributed by atoms with Crippen molar-refractivity contribution in [2.24, 2.45) is 0 Å². The molecule has 21 heavy (non-hydrogen) atoms. The Labute approximate surface area is 129 Å². The third kappa shape index (κ3) is 3.62. The predicted octanol–water partition coefficient (Wildman–Crippen LogP) is 3.78. The normalized spacial score (nSPS) is 10.5. The number of hydrogen-bond acceptors (Lipinski definition) is 2. The first-order valence-corrected chi connectivity index (χ1v) is 6.60. The molecule has 0 aliphatic carbocycles. The molecule has 0 bridgehead atoms. The molecular formula is C14H10Cl2F2N2O. The summed E-state index contributed by atoms with van der Waals surface area (Å²) in [5.41, 5.74) is 6.42. The van der Waals surface area contributed by atoms with E-state index in [-0.39, 0.29) is 22.2 Å². The van der Waals surface area contributed by atoms with Gasteiger partial charge in [0.05, 0.1) is 15.6 Å². The van der Waals surface area contributed by atoms with Crippen LogP contribution < -0.4 is 11.1 Å². The number of amides is 1. The number of carbonyl (C=O) groups is 1. The van der Waals surface area contributed by atoms with Crippen LogP contribution in [0.4, 0.5) is 14.5 Å². The van der Waals surface area contributed by atoms with Gasteiger partial charge < -0.3 is 11.1 Å². The van der Waals surface area contributed by atoms with E-state index in [2.05, 4.69) is 5.32 Å². The van der Waals surface area contributed by atoms with Gasteiger partial charge in [-0.25, -0.2) is 8.78 Å². The molecule has 0 unspecified atom stereocenters. The lowest BCUT2D eigenvalue weighted by molar-refractivity contribution is 0.0951. The molecule has 0 saturated heterocycles. The molecule has 0 spiro atoms. The van der Waals surface area contributed by atoms with Crippen molar-refractivity contribution in [2.45, 2.75) is 6.54 Å². The maximum atomic E-state index is 13.1. The molecule has 3 N–H and O–H groups in total. The lowest BCUT2D eigenvalue weighted by Gasteiger charge is -2.09. The Kier molecular flexibility index (Phi) is 4.65. The second-order valence-corrected chi connectivity index (χ2v) is 5.08. The number of nitrogens with two attached hydrogens (primary N) is 1. The van der Waals surface area contributed by atoms with Gasteiger partial charge in [-0.1, -0.05) is 29.3 Å². The second kappa shape index (κ2) is 6.28. The summed E-state index contributed by atoms with van der Waals surface area (Å²) in [5, 5.41) is 2.77. The highest BCUT2D eigenvalue weighted by atomic mass is 35.5. The van der Waals surface area contributed by atoms with Gasteiger partial charge in [0.25, 0.3) is 5.91 Å². The first kappa shape index (κ1) is 15.5. The average molecular weight is 331 g/mol. The van der Waals surface area contributed by atoms with Crippen molar-refractivity contribution in [1.29, 1.82) is 0 Å². The van der Waals surface area contributed by atoms with Crippen LogP contribution in [0.5, 0.6) is 0 Å². The maximum Gasteiger partial charge on any atom is 0.253 e. The highest BCUT2D eigenvalue weighted by Crippen LogP contribution is 2.28. The predicted molar refractivity (Wildman–Crippen MR) is 78.4 cm³/mol. The molecule has 2 aromatic rings. The van der Waals surface area contributed by atoms with Crippen LogP contribution in [0.3, 0.4) is 0 Å². The minimum Gasteiger partial charge on any atom is -0.399 e. The summed E-state index contributed by atoms with van der Waals surface area (Å²) >= 11 is 11.8. The van der Waals surface area contributed by atoms with E-state index >= 15 is 0 Å². The zero-order valence-corrected chi connectivity index (χ0v) is 12.1. The SMILES string of the molecule is Nc1cc(Cl)c(Cl)c(C(=O)NCc2ccc(F)c(F)c2)c1. The number of anilines is 1. The third-order valence-corrected chi connectivity index (χ3v) is 3.53. The summed E-state index contributed by atoms with van der Waals surface area (Å²) < 4.78 is 25.8. The molecule has 0 aliphatic rings. The van der Waals surface area contributed by atoms with Crippen molar-refractivity contribution >= 4 is 34.8 Å². The van der Waals surface area contributed by atoms with E-state index in [9.17, 15) is 13.6 Å². The summed E-state index contributed by atoms with van der Waals surface area (Å²) in [7, 11) is 0. The molecule has 0 atom stereocenters. The van der Waals surface area contributed by atoms with E-state index in [0.29, 0.717) is 11.3 Å². The van der Waals surface area contributed by atoms with E-state index in [1.54, 1.807) is 0 Å². The lowest BCUT2D eigenvalue weighted by atomic mass is 10.1. The van der Waals surface area contributed by atoms with Gasteiger partial charge >= 0.3 is 0 Å². The average Bonchev–Trinajstić information content (AvgIpc) is 2.43. The molecule has 3 nitrogen and oxygen atoms in total. The Bertz CT molecular complexity index is 708. The zero-order valence-electron chi connectivity index (χ0n) is 10.6. The van der Waals surface area contributed by atoms with Gasteiger partial charge in [0.15, 0.2) is 11.6 Å². The molecule has 0 fully saturated rings. The van der Waals surface area contributed by atoms with E-state index in [1.807, 2.05) is 0 Å². The van der Waals surface area contributed by atoms with E-state index in [1.165, 1.54) is 18.2 Å². The Morgan fingerprint density at radius 3 is 2.52 bits per heavy atom. The fraction of sp³-hybridized carbons (Fsp3) is 0.0714. The quantitative estimate of drug-likeness (QED) is 0.841. The lowest BCUT2D eigenvalue weighted by Crippen LogP contribution is -2.23. The van der Waals surface area contributed by atoms with E-state index < -0.39 is 17.5 Å². The number of halogens is 4. The summed E-state index contributed by atoms with van der Waals surface area (Å²) in [4.78, 5) is 12.0. The maximum absolute atomic E-state index is 13.1. The fourth-order valence-electron chi connectivity index (χ4n) is 1.70. The van der Waals surface area contributed by atoms with Crippen LogP contribution in [0.25, 0.3) is 0 Å². The summed E-state index contributed by atoms with van der Waals surface area (Å²) in [5.74, 6) is -2.44. The molecule has 1 amide bonds. The summed E-state index contributed by atoms with van der Waals surface area (Å²) in [6.07, 6.45) is 0. The van der Waals surface area contributed by atoms with Gasteiger partial charge in [0.1, 0.15) is 0 Å².